The molecule has 0 amide bonds. The van der Waals surface area contributed by atoms with Gasteiger partial charge in [0.1, 0.15) is 5.15 Å². The largest absolute Gasteiger partial charge is 0.244 e. The molecule has 0 fully saturated rings. The Kier molecular flexibility index (Phi) is 0.453. The summed E-state index contributed by atoms with van der Waals surface area (Å²) in [5, 5.41) is -0.492. The summed E-state index contributed by atoms with van der Waals surface area (Å²) in [6.07, 6.45) is -0.739. The van der Waals surface area contributed by atoms with Gasteiger partial charge < -0.3 is 0 Å². The highest BCUT2D eigenvalue weighted by Gasteiger charge is 1.91. The van der Waals surface area contributed by atoms with Crippen molar-refractivity contribution in [2.24, 2.45) is 0 Å². The van der Waals surface area contributed by atoms with Crippen molar-refractivity contribution in [3.8, 4) is 0 Å². The maximum Gasteiger partial charge on any atom is 0.129 e. The first-order valence-electron chi connectivity index (χ1n) is 6.14. The summed E-state index contributed by atoms with van der Waals surface area (Å²) >= 11 is 5.49. The molecule has 0 N–H and O–H groups in total. The smallest absolute Gasteiger partial charge is 0.129 e. The molecule has 0 aliphatic rings. The van der Waals surface area contributed by atoms with E-state index in [1.165, 1.54) is 0 Å². The van der Waals surface area contributed by atoms with Crippen molar-refractivity contribution in [3.63, 3.8) is 0 Å². The molecule has 1 heterocycles. The molecule has 1 aromatic heterocycles. The third-order valence-corrected chi connectivity index (χ3v) is 0.923. The van der Waals surface area contributed by atoms with Crippen LogP contribution in [0.25, 0.3) is 0 Å². The second-order valence-corrected chi connectivity index (χ2v) is 1.75. The molecular weight excluding hydrogens is 134 g/mol. The molecule has 2 heteroatoms. The lowest BCUT2D eigenvalue weighted by molar-refractivity contribution is 1.22. The van der Waals surface area contributed by atoms with Gasteiger partial charge in [-0.25, -0.2) is 4.98 Å². The van der Waals surface area contributed by atoms with Crippen LogP contribution in [0.15, 0.2) is 12.2 Å². The monoisotopic (exact) mass is 149 g/mol. The Morgan fingerprint density at radius 2 is 2.44 bits per heavy atom. The van der Waals surface area contributed by atoms with Crippen LogP contribution in [-0.2, 0) is 0 Å². The molecule has 0 saturated heterocycles. The fraction of sp³-hybridized carbons (Fsp3) is 0.286. The highest BCUT2D eigenvalue weighted by atomic mass is 35.5. The SMILES string of the molecule is [2H]c1nc(Cl)c([2H])c(C([2H])([2H])[2H])c1C([2H])([2H])[2H]. The zero-order valence-electron chi connectivity index (χ0n) is 12.3. The lowest BCUT2D eigenvalue weighted by Gasteiger charge is -1.96. The van der Waals surface area contributed by atoms with Crippen molar-refractivity contribution >= 4 is 11.6 Å². The van der Waals surface area contributed by atoms with Gasteiger partial charge >= 0.3 is 0 Å². The van der Waals surface area contributed by atoms with Crippen LogP contribution in [0.4, 0.5) is 0 Å². The van der Waals surface area contributed by atoms with Crippen molar-refractivity contribution in [1.82, 2.24) is 4.98 Å². The topological polar surface area (TPSA) is 12.9 Å². The Bertz CT molecular complexity index is 449. The van der Waals surface area contributed by atoms with E-state index in [0.717, 1.165) is 0 Å². The van der Waals surface area contributed by atoms with E-state index in [1.54, 1.807) is 0 Å². The Labute approximate surface area is 70.9 Å². The van der Waals surface area contributed by atoms with Crippen LogP contribution < -0.4 is 0 Å². The number of pyridine rings is 1. The van der Waals surface area contributed by atoms with Crippen LogP contribution in [0, 0.1) is 13.7 Å². The van der Waals surface area contributed by atoms with E-state index in [1.807, 2.05) is 0 Å². The van der Waals surface area contributed by atoms with Crippen molar-refractivity contribution in [1.29, 1.82) is 0 Å². The van der Waals surface area contributed by atoms with E-state index in [0.29, 0.717) is 0 Å². The summed E-state index contributed by atoms with van der Waals surface area (Å²) in [4.78, 5) is 3.35. The molecule has 1 rings (SSSR count). The first-order chi connectivity index (χ1) is 7.46. The van der Waals surface area contributed by atoms with Gasteiger partial charge in [0.25, 0.3) is 0 Å². The van der Waals surface area contributed by atoms with Gasteiger partial charge in [-0.05, 0) is 30.9 Å². The minimum Gasteiger partial charge on any atom is -0.244 e. The third-order valence-electron chi connectivity index (χ3n) is 0.744. The summed E-state index contributed by atoms with van der Waals surface area (Å²) in [6.45, 7) is -5.66. The highest BCUT2D eigenvalue weighted by molar-refractivity contribution is 6.29. The molecular formula is C7H8ClN. The van der Waals surface area contributed by atoms with Crippen molar-refractivity contribution in [3.05, 3.63) is 28.5 Å². The van der Waals surface area contributed by atoms with Gasteiger partial charge in [-0.1, -0.05) is 11.6 Å². The number of hydrogen-bond donors (Lipinski definition) is 0. The van der Waals surface area contributed by atoms with E-state index in [9.17, 15) is 0 Å². The van der Waals surface area contributed by atoms with Crippen LogP contribution in [0.1, 0.15) is 22.1 Å². The van der Waals surface area contributed by atoms with Gasteiger partial charge in [-0.2, -0.15) is 0 Å². The van der Waals surface area contributed by atoms with Crippen LogP contribution in [0.5, 0.6) is 0 Å². The average molecular weight is 150 g/mol. The predicted octanol–water partition coefficient (Wildman–Crippen LogP) is 2.35. The molecule has 9 heavy (non-hydrogen) atoms. The molecule has 0 aliphatic heterocycles. The fourth-order valence-electron chi connectivity index (χ4n) is 0.354. The van der Waals surface area contributed by atoms with Crippen molar-refractivity contribution in [2.45, 2.75) is 13.7 Å². The Morgan fingerprint density at radius 1 is 1.67 bits per heavy atom. The molecule has 48 valence electrons. The summed E-state index contributed by atoms with van der Waals surface area (Å²) in [6, 6.07) is -0.672. The summed E-state index contributed by atoms with van der Waals surface area (Å²) in [5.41, 5.74) is -1.48. The standard InChI is InChI=1S/C7H8ClN/c1-5-3-7(8)9-4-6(5)2/h3-4H,1-2H3/i1D3,2D3,3D,4D. The predicted molar refractivity (Wildman–Crippen MR) is 38.7 cm³/mol. The minimum absolute atomic E-state index is 0.492. The molecule has 0 aliphatic carbocycles. The second-order valence-electron chi connectivity index (χ2n) is 1.39. The Hall–Kier alpha value is -0.560. The molecule has 0 bridgehead atoms. The van der Waals surface area contributed by atoms with E-state index in [-0.39, 0.29) is 0 Å². The molecule has 1 aromatic rings. The summed E-state index contributed by atoms with van der Waals surface area (Å²) in [7, 11) is 0. The van der Waals surface area contributed by atoms with Gasteiger partial charge in [0.15, 0.2) is 0 Å². The average Bonchev–Trinajstić information content (AvgIpc) is 2.06. The number of nitrogens with zero attached hydrogens (tertiary/aromatic N) is 1. The first-order valence-corrected chi connectivity index (χ1v) is 2.51. The van der Waals surface area contributed by atoms with Crippen LogP contribution in [0.2, 0.25) is 5.15 Å². The highest BCUT2D eigenvalue weighted by Crippen LogP contribution is 2.09. The molecule has 0 atom stereocenters. The van der Waals surface area contributed by atoms with E-state index >= 15 is 0 Å². The van der Waals surface area contributed by atoms with Gasteiger partial charge in [0.2, 0.25) is 0 Å². The molecule has 0 aromatic carbocycles. The maximum atomic E-state index is 7.48. The summed E-state index contributed by atoms with van der Waals surface area (Å²) < 4.78 is 58.1. The van der Waals surface area contributed by atoms with Gasteiger partial charge in [-0.3, -0.25) is 0 Å². The Balaban J connectivity index is 3.76. The van der Waals surface area contributed by atoms with E-state index in [2.05, 4.69) is 4.98 Å². The lowest BCUT2D eigenvalue weighted by Crippen LogP contribution is -1.81. The normalized spacial score (nSPS) is 25.4. The van der Waals surface area contributed by atoms with Crippen molar-refractivity contribution in [2.75, 3.05) is 0 Å². The lowest BCUT2D eigenvalue weighted by atomic mass is 10.2. The Morgan fingerprint density at radius 3 is 3.11 bits per heavy atom. The fourth-order valence-corrected chi connectivity index (χ4v) is 0.491. The molecule has 1 nitrogen and oxygen atoms in total. The number of aromatic nitrogens is 1. The minimum atomic E-state index is -2.83. The van der Waals surface area contributed by atoms with Crippen LogP contribution in [-0.4, -0.2) is 4.98 Å². The van der Waals surface area contributed by atoms with Gasteiger partial charge in [0.05, 0.1) is 2.74 Å². The third kappa shape index (κ3) is 1.42. The number of rotatable bonds is 0. The first kappa shape index (κ1) is 1.73. The van der Waals surface area contributed by atoms with Crippen molar-refractivity contribution < 1.29 is 11.0 Å². The molecule has 0 spiro atoms. The zero-order chi connectivity index (χ0) is 13.6. The molecule has 0 saturated carbocycles. The quantitative estimate of drug-likeness (QED) is 0.516. The molecule has 0 radical (unpaired) electrons. The summed E-state index contributed by atoms with van der Waals surface area (Å²) in [5.74, 6) is 0. The van der Waals surface area contributed by atoms with Gasteiger partial charge in [0, 0.05) is 14.4 Å². The maximum absolute atomic E-state index is 7.48. The number of halogens is 1. The van der Waals surface area contributed by atoms with E-state index in [4.69, 9.17) is 22.6 Å². The van der Waals surface area contributed by atoms with Crippen LogP contribution >= 0.6 is 11.6 Å². The zero-order valence-corrected chi connectivity index (χ0v) is 5.08. The molecule has 0 unspecified atom stereocenters. The van der Waals surface area contributed by atoms with Gasteiger partial charge in [-0.15, -0.1) is 0 Å². The second kappa shape index (κ2) is 2.36. The van der Waals surface area contributed by atoms with Crippen LogP contribution in [0.3, 0.4) is 0 Å². The number of hydrogen-bond acceptors (Lipinski definition) is 1. The van der Waals surface area contributed by atoms with E-state index < -0.39 is 42.2 Å².